The molecular formula is C22H15BrClNO3. The standard InChI is InChI=1S/C22H15BrClNO3/c1-27-20-9-6-15(10-19(20)23)21-16-7-8-17(18(16)12-28-25-21)22(26)14-4-2-13(11-24)3-5-14/h2-10,12H,11H2,1H3. The molecular weight excluding hydrogens is 442 g/mol. The van der Waals surface area contributed by atoms with Gasteiger partial charge in [-0.1, -0.05) is 35.5 Å². The molecule has 0 spiro atoms. The van der Waals surface area contributed by atoms with E-state index in [1.807, 2.05) is 42.5 Å². The van der Waals surface area contributed by atoms with Crippen LogP contribution in [0.5, 0.6) is 5.75 Å². The van der Waals surface area contributed by atoms with E-state index in [1.165, 1.54) is 6.26 Å². The summed E-state index contributed by atoms with van der Waals surface area (Å²) in [6.07, 6.45) is 1.51. The summed E-state index contributed by atoms with van der Waals surface area (Å²) in [6.45, 7) is 0. The van der Waals surface area contributed by atoms with Gasteiger partial charge in [-0.05, 0) is 45.8 Å². The molecule has 0 radical (unpaired) electrons. The minimum atomic E-state index is -0.0700. The van der Waals surface area contributed by atoms with Crippen LogP contribution in [-0.4, -0.2) is 18.0 Å². The summed E-state index contributed by atoms with van der Waals surface area (Å²) in [4.78, 5) is 13.0. The third kappa shape index (κ3) is 3.32. The highest BCUT2D eigenvalue weighted by atomic mass is 79.9. The van der Waals surface area contributed by atoms with Crippen molar-refractivity contribution in [2.45, 2.75) is 5.88 Å². The molecule has 2 aliphatic rings. The lowest BCUT2D eigenvalue weighted by Crippen LogP contribution is -2.02. The van der Waals surface area contributed by atoms with Crippen LogP contribution in [0, 0.1) is 0 Å². The Hall–Kier alpha value is -2.63. The van der Waals surface area contributed by atoms with E-state index in [1.54, 1.807) is 19.2 Å². The Labute approximate surface area is 175 Å². The normalized spacial score (nSPS) is 11.0. The predicted octanol–water partition coefficient (Wildman–Crippen LogP) is 6.19. The summed E-state index contributed by atoms with van der Waals surface area (Å²) >= 11 is 9.32. The quantitative estimate of drug-likeness (QED) is 0.265. The summed E-state index contributed by atoms with van der Waals surface area (Å²) in [6, 6.07) is 16.7. The zero-order valence-electron chi connectivity index (χ0n) is 14.9. The Balaban J connectivity index is 1.73. The first-order valence-corrected chi connectivity index (χ1v) is 9.85. The van der Waals surface area contributed by atoms with Gasteiger partial charge in [0.15, 0.2) is 5.78 Å². The second kappa shape index (κ2) is 7.78. The number of fused-ring (bicyclic) bond motifs is 1. The number of ketones is 1. The topological polar surface area (TPSA) is 52.3 Å². The highest BCUT2D eigenvalue weighted by Crippen LogP contribution is 2.38. The Morgan fingerprint density at radius 3 is 2.57 bits per heavy atom. The lowest BCUT2D eigenvalue weighted by atomic mass is 9.98. The fraction of sp³-hybridized carbons (Fsp3) is 0.0909. The van der Waals surface area contributed by atoms with Gasteiger partial charge in [-0.3, -0.25) is 4.79 Å². The predicted molar refractivity (Wildman–Crippen MR) is 112 cm³/mol. The molecule has 1 aliphatic carbocycles. The summed E-state index contributed by atoms with van der Waals surface area (Å²) in [5.74, 6) is 1.07. The number of hydrogen-bond acceptors (Lipinski definition) is 4. The molecule has 140 valence electrons. The van der Waals surface area contributed by atoms with Crippen LogP contribution in [0.25, 0.3) is 22.4 Å². The van der Waals surface area contributed by atoms with Crippen molar-refractivity contribution < 1.29 is 14.1 Å². The van der Waals surface area contributed by atoms with Crippen molar-refractivity contribution in [1.29, 1.82) is 0 Å². The average molecular weight is 457 g/mol. The molecule has 0 N–H and O–H groups in total. The van der Waals surface area contributed by atoms with Crippen LogP contribution in [-0.2, 0) is 5.88 Å². The lowest BCUT2D eigenvalue weighted by molar-refractivity contribution is 0.103. The molecule has 4 rings (SSSR count). The molecule has 4 nitrogen and oxygen atoms in total. The summed E-state index contributed by atoms with van der Waals surface area (Å²) in [5, 5.41) is 4.18. The van der Waals surface area contributed by atoms with Crippen molar-refractivity contribution in [2.75, 3.05) is 7.11 Å². The van der Waals surface area contributed by atoms with Gasteiger partial charge in [-0.25, -0.2) is 0 Å². The maximum atomic E-state index is 13.0. The number of carbonyl (C=O) groups is 1. The molecule has 0 atom stereocenters. The van der Waals surface area contributed by atoms with Gasteiger partial charge in [0.05, 0.1) is 11.6 Å². The third-order valence-corrected chi connectivity index (χ3v) is 5.54. The Morgan fingerprint density at radius 2 is 1.89 bits per heavy atom. The van der Waals surface area contributed by atoms with Crippen LogP contribution < -0.4 is 4.74 Å². The van der Waals surface area contributed by atoms with Crippen molar-refractivity contribution in [3.8, 4) is 28.1 Å². The van der Waals surface area contributed by atoms with E-state index >= 15 is 0 Å². The van der Waals surface area contributed by atoms with E-state index in [0.29, 0.717) is 22.7 Å². The number of ether oxygens (including phenoxy) is 1. The molecule has 0 aromatic heterocycles. The first-order chi connectivity index (χ1) is 13.6. The number of halogens is 2. The molecule has 1 heterocycles. The van der Waals surface area contributed by atoms with Gasteiger partial charge in [0.1, 0.15) is 17.7 Å². The van der Waals surface area contributed by atoms with E-state index in [-0.39, 0.29) is 5.78 Å². The third-order valence-electron chi connectivity index (χ3n) is 4.61. The number of nitrogens with zero attached hydrogens (tertiary/aromatic N) is 1. The largest absolute Gasteiger partial charge is 0.496 e. The average Bonchev–Trinajstić information content (AvgIpc) is 3.17. The van der Waals surface area contributed by atoms with Crippen molar-refractivity contribution in [3.63, 3.8) is 0 Å². The van der Waals surface area contributed by atoms with E-state index in [2.05, 4.69) is 21.1 Å². The van der Waals surface area contributed by atoms with E-state index in [0.717, 1.165) is 32.5 Å². The fourth-order valence-corrected chi connectivity index (χ4v) is 3.85. The van der Waals surface area contributed by atoms with Crippen molar-refractivity contribution in [3.05, 3.63) is 82.0 Å². The van der Waals surface area contributed by atoms with Crippen molar-refractivity contribution in [1.82, 2.24) is 5.16 Å². The second-order valence-electron chi connectivity index (χ2n) is 6.25. The highest BCUT2D eigenvalue weighted by molar-refractivity contribution is 9.10. The molecule has 28 heavy (non-hydrogen) atoms. The summed E-state index contributed by atoms with van der Waals surface area (Å²) in [5.41, 5.74) is 5.25. The van der Waals surface area contributed by atoms with Crippen LogP contribution in [0.4, 0.5) is 0 Å². The Bertz CT molecular complexity index is 1120. The number of alkyl halides is 1. The molecule has 1 aliphatic heterocycles. The van der Waals surface area contributed by atoms with Gasteiger partial charge in [0, 0.05) is 33.7 Å². The minimum absolute atomic E-state index is 0.0700. The van der Waals surface area contributed by atoms with Gasteiger partial charge in [-0.15, -0.1) is 11.6 Å². The molecule has 0 saturated heterocycles. The van der Waals surface area contributed by atoms with Gasteiger partial charge >= 0.3 is 0 Å². The van der Waals surface area contributed by atoms with Gasteiger partial charge in [0.2, 0.25) is 0 Å². The van der Waals surface area contributed by atoms with Crippen LogP contribution in [0.3, 0.4) is 0 Å². The number of carbonyl (C=O) groups excluding carboxylic acids is 1. The van der Waals surface area contributed by atoms with Crippen LogP contribution >= 0.6 is 27.5 Å². The molecule has 0 saturated carbocycles. The fourth-order valence-electron chi connectivity index (χ4n) is 3.13. The first-order valence-electron chi connectivity index (χ1n) is 8.53. The van der Waals surface area contributed by atoms with Gasteiger partial charge < -0.3 is 9.26 Å². The number of benzene rings is 2. The maximum absolute atomic E-state index is 13.0. The van der Waals surface area contributed by atoms with Crippen molar-refractivity contribution in [2.24, 2.45) is 0 Å². The lowest BCUT2D eigenvalue weighted by Gasteiger charge is -2.09. The van der Waals surface area contributed by atoms with Crippen molar-refractivity contribution >= 4 is 33.3 Å². The van der Waals surface area contributed by atoms with E-state index < -0.39 is 0 Å². The number of rotatable bonds is 5. The van der Waals surface area contributed by atoms with Gasteiger partial charge in [-0.2, -0.15) is 0 Å². The highest BCUT2D eigenvalue weighted by Gasteiger charge is 2.22. The van der Waals surface area contributed by atoms with E-state index in [9.17, 15) is 4.79 Å². The zero-order chi connectivity index (χ0) is 19.7. The smallest absolute Gasteiger partial charge is 0.193 e. The van der Waals surface area contributed by atoms with Crippen LogP contribution in [0.1, 0.15) is 21.5 Å². The number of methoxy groups -OCH3 is 1. The minimum Gasteiger partial charge on any atom is -0.496 e. The molecule has 0 fully saturated rings. The molecule has 0 unspecified atom stereocenters. The summed E-state index contributed by atoms with van der Waals surface area (Å²) in [7, 11) is 1.61. The zero-order valence-corrected chi connectivity index (χ0v) is 17.3. The monoisotopic (exact) mass is 455 g/mol. The van der Waals surface area contributed by atoms with Crippen LogP contribution in [0.15, 0.2) is 69.9 Å². The van der Waals surface area contributed by atoms with E-state index in [4.69, 9.17) is 20.9 Å². The molecule has 0 bridgehead atoms. The van der Waals surface area contributed by atoms with Crippen LogP contribution in [0.2, 0.25) is 0 Å². The summed E-state index contributed by atoms with van der Waals surface area (Å²) < 4.78 is 11.4. The molecule has 0 amide bonds. The molecule has 2 aromatic rings. The Kier molecular flexibility index (Phi) is 5.20. The number of aromatic nitrogens is 1. The molecule has 2 aromatic carbocycles. The second-order valence-corrected chi connectivity index (χ2v) is 7.37. The first kappa shape index (κ1) is 18.7. The Morgan fingerprint density at radius 1 is 1.11 bits per heavy atom. The van der Waals surface area contributed by atoms with Gasteiger partial charge in [0.25, 0.3) is 0 Å². The molecule has 6 heteroatoms. The SMILES string of the molecule is COc1ccc(-c2nocc3c(C(=O)c4ccc(CCl)cc4)ccc2-3)cc1Br. The number of hydrogen-bond donors (Lipinski definition) is 0. The maximum Gasteiger partial charge on any atom is 0.193 e.